The van der Waals surface area contributed by atoms with Crippen molar-refractivity contribution in [3.63, 3.8) is 0 Å². The van der Waals surface area contributed by atoms with Crippen LogP contribution < -0.4 is 5.32 Å². The molecule has 0 radical (unpaired) electrons. The van der Waals surface area contributed by atoms with Gasteiger partial charge in [-0.25, -0.2) is 0 Å². The van der Waals surface area contributed by atoms with Gasteiger partial charge in [0, 0.05) is 6.42 Å². The molecule has 14 nitrogen and oxygen atoms in total. The minimum absolute atomic E-state index is 0.211. The van der Waals surface area contributed by atoms with Gasteiger partial charge in [-0.3, -0.25) is 4.79 Å². The molecule has 2 heterocycles. The zero-order valence-corrected chi connectivity index (χ0v) is 42.4. The molecule has 14 heteroatoms. The van der Waals surface area contributed by atoms with Crippen LogP contribution in [-0.4, -0.2) is 140 Å². The number of aliphatic hydroxyl groups is 8. The standard InChI is InChI=1S/C53H103NO13/c1-3-5-7-9-11-12-13-14-15-16-17-18-19-20-21-22-23-24-25-26-27-28-29-31-32-34-36-42(57)41(54-45(58)37-35-33-30-10-8-6-4-2)40-64-52-50(63)48(61)51(44(39-56)66-52)67-53-49(62)47(60)46(59)43(38-55)65-53/h41-44,46-53,55-57,59-63H,3-40H2,1-2H3,(H,54,58). The molecule has 67 heavy (non-hydrogen) atoms. The summed E-state index contributed by atoms with van der Waals surface area (Å²) in [7, 11) is 0. The van der Waals surface area contributed by atoms with E-state index in [4.69, 9.17) is 18.9 Å². The van der Waals surface area contributed by atoms with Gasteiger partial charge in [0.1, 0.15) is 48.8 Å². The maximum atomic E-state index is 13.1. The van der Waals surface area contributed by atoms with Crippen molar-refractivity contribution in [2.24, 2.45) is 0 Å². The number of hydrogen-bond donors (Lipinski definition) is 9. The van der Waals surface area contributed by atoms with Crippen LogP contribution in [0.1, 0.15) is 239 Å². The predicted molar refractivity (Wildman–Crippen MR) is 263 cm³/mol. The molecule has 398 valence electrons. The van der Waals surface area contributed by atoms with Crippen molar-refractivity contribution in [1.82, 2.24) is 5.32 Å². The first-order valence-electron chi connectivity index (χ1n) is 27.8. The van der Waals surface area contributed by atoms with Crippen LogP contribution in [-0.2, 0) is 23.7 Å². The molecular weight excluding hydrogens is 859 g/mol. The van der Waals surface area contributed by atoms with Gasteiger partial charge in [-0.05, 0) is 12.8 Å². The summed E-state index contributed by atoms with van der Waals surface area (Å²) in [5, 5.41) is 86.8. The Kier molecular flexibility index (Phi) is 37.6. The van der Waals surface area contributed by atoms with Gasteiger partial charge in [-0.1, -0.05) is 219 Å². The number of carbonyl (C=O) groups is 1. The highest BCUT2D eigenvalue weighted by Crippen LogP contribution is 2.30. The molecule has 2 aliphatic heterocycles. The average molecular weight is 962 g/mol. The minimum atomic E-state index is -1.78. The average Bonchev–Trinajstić information content (AvgIpc) is 3.32. The zero-order chi connectivity index (χ0) is 48.9. The van der Waals surface area contributed by atoms with Gasteiger partial charge in [0.15, 0.2) is 12.6 Å². The molecule has 0 aromatic heterocycles. The lowest BCUT2D eigenvalue weighted by Gasteiger charge is -2.46. The fraction of sp³-hybridized carbons (Fsp3) is 0.981. The van der Waals surface area contributed by atoms with Crippen LogP contribution in [0.4, 0.5) is 0 Å². The summed E-state index contributed by atoms with van der Waals surface area (Å²) >= 11 is 0. The summed E-state index contributed by atoms with van der Waals surface area (Å²) in [6.45, 7) is 2.82. The van der Waals surface area contributed by atoms with Crippen LogP contribution in [0, 0.1) is 0 Å². The Morgan fingerprint density at radius 2 is 0.851 bits per heavy atom. The first-order valence-corrected chi connectivity index (χ1v) is 27.8. The third kappa shape index (κ3) is 27.4. The number of rotatable bonds is 44. The number of amides is 1. The van der Waals surface area contributed by atoms with Gasteiger partial charge < -0.3 is 65.1 Å². The SMILES string of the molecule is CCCCCCCCCCCCCCCCCCCCCCCCCCCCC(O)C(COC1OC(CO)C(OC2OC(CO)C(O)C(O)C2O)C(O)C1O)NC(=O)CCCCCCCCC. The summed E-state index contributed by atoms with van der Waals surface area (Å²) in [6, 6.07) is -0.820. The molecule has 2 saturated heterocycles. The van der Waals surface area contributed by atoms with Crippen LogP contribution in [0.25, 0.3) is 0 Å². The third-order valence-electron chi connectivity index (χ3n) is 14.1. The van der Waals surface area contributed by atoms with Gasteiger partial charge in [-0.2, -0.15) is 0 Å². The van der Waals surface area contributed by atoms with Crippen molar-refractivity contribution in [2.45, 2.75) is 312 Å². The van der Waals surface area contributed by atoms with Crippen molar-refractivity contribution in [3.05, 3.63) is 0 Å². The molecule has 1 amide bonds. The molecule has 0 bridgehead atoms. The number of carbonyl (C=O) groups excluding carboxylic acids is 1. The van der Waals surface area contributed by atoms with E-state index in [1.807, 2.05) is 0 Å². The molecule has 0 spiro atoms. The summed E-state index contributed by atoms with van der Waals surface area (Å²) < 4.78 is 22.7. The second-order valence-corrected chi connectivity index (χ2v) is 20.1. The second kappa shape index (κ2) is 40.6. The van der Waals surface area contributed by atoms with E-state index in [-0.39, 0.29) is 12.5 Å². The molecular formula is C53H103NO13. The van der Waals surface area contributed by atoms with Crippen LogP contribution in [0.15, 0.2) is 0 Å². The van der Waals surface area contributed by atoms with E-state index in [0.717, 1.165) is 51.4 Å². The fourth-order valence-electron chi connectivity index (χ4n) is 9.53. The van der Waals surface area contributed by atoms with Crippen molar-refractivity contribution >= 4 is 5.91 Å². The lowest BCUT2D eigenvalue weighted by molar-refractivity contribution is -0.359. The van der Waals surface area contributed by atoms with Crippen molar-refractivity contribution in [1.29, 1.82) is 0 Å². The number of ether oxygens (including phenoxy) is 4. The summed E-state index contributed by atoms with van der Waals surface area (Å²) in [4.78, 5) is 13.1. The Bertz CT molecular complexity index is 1140. The first kappa shape index (κ1) is 62.1. The molecule has 2 fully saturated rings. The predicted octanol–water partition coefficient (Wildman–Crippen LogP) is 8.17. The van der Waals surface area contributed by atoms with Gasteiger partial charge in [-0.15, -0.1) is 0 Å². The van der Waals surface area contributed by atoms with Gasteiger partial charge in [0.25, 0.3) is 0 Å². The summed E-state index contributed by atoms with van der Waals surface area (Å²) in [5.41, 5.74) is 0. The molecule has 0 saturated carbocycles. The Labute approximate surface area is 406 Å². The van der Waals surface area contributed by atoms with E-state index in [1.54, 1.807) is 0 Å². The lowest BCUT2D eigenvalue weighted by atomic mass is 9.97. The smallest absolute Gasteiger partial charge is 0.220 e. The van der Waals surface area contributed by atoms with Gasteiger partial charge in [0.2, 0.25) is 5.91 Å². The zero-order valence-electron chi connectivity index (χ0n) is 42.4. The van der Waals surface area contributed by atoms with E-state index < -0.39 is 86.8 Å². The molecule has 0 aromatic rings. The third-order valence-corrected chi connectivity index (χ3v) is 14.1. The number of aliphatic hydroxyl groups excluding tert-OH is 8. The molecule has 2 rings (SSSR count). The number of unbranched alkanes of at least 4 members (excludes halogenated alkanes) is 31. The molecule has 0 aliphatic carbocycles. The van der Waals surface area contributed by atoms with E-state index in [9.17, 15) is 45.6 Å². The van der Waals surface area contributed by atoms with Crippen LogP contribution >= 0.6 is 0 Å². The molecule has 2 aliphatic rings. The Hall–Kier alpha value is -1.01. The molecule has 12 unspecified atom stereocenters. The summed E-state index contributed by atoms with van der Waals surface area (Å²) in [6.07, 6.45) is 25.8. The quantitative estimate of drug-likeness (QED) is 0.0263. The van der Waals surface area contributed by atoms with E-state index in [2.05, 4.69) is 19.2 Å². The Morgan fingerprint density at radius 1 is 0.478 bits per heavy atom. The van der Waals surface area contributed by atoms with E-state index in [1.165, 1.54) is 161 Å². The topological polar surface area (TPSA) is 228 Å². The van der Waals surface area contributed by atoms with Crippen LogP contribution in [0.3, 0.4) is 0 Å². The van der Waals surface area contributed by atoms with Crippen LogP contribution in [0.2, 0.25) is 0 Å². The molecule has 0 aromatic carbocycles. The monoisotopic (exact) mass is 962 g/mol. The summed E-state index contributed by atoms with van der Waals surface area (Å²) in [5.74, 6) is -0.211. The first-order chi connectivity index (χ1) is 32.6. The molecule has 9 N–H and O–H groups in total. The van der Waals surface area contributed by atoms with Crippen molar-refractivity contribution in [3.8, 4) is 0 Å². The second-order valence-electron chi connectivity index (χ2n) is 20.1. The van der Waals surface area contributed by atoms with Crippen LogP contribution in [0.5, 0.6) is 0 Å². The maximum absolute atomic E-state index is 13.1. The normalized spacial score (nSPS) is 26.5. The fourth-order valence-corrected chi connectivity index (χ4v) is 9.53. The highest BCUT2D eigenvalue weighted by atomic mass is 16.7. The van der Waals surface area contributed by atoms with E-state index >= 15 is 0 Å². The number of nitrogens with one attached hydrogen (secondary N) is 1. The Balaban J connectivity index is 1.66. The minimum Gasteiger partial charge on any atom is -0.394 e. The number of hydrogen-bond acceptors (Lipinski definition) is 13. The van der Waals surface area contributed by atoms with Crippen molar-refractivity contribution < 1.29 is 64.6 Å². The lowest BCUT2D eigenvalue weighted by Crippen LogP contribution is -2.65. The highest BCUT2D eigenvalue weighted by Gasteiger charge is 2.51. The van der Waals surface area contributed by atoms with Crippen molar-refractivity contribution in [2.75, 3.05) is 19.8 Å². The van der Waals surface area contributed by atoms with Gasteiger partial charge >= 0.3 is 0 Å². The maximum Gasteiger partial charge on any atom is 0.220 e. The Morgan fingerprint density at radius 3 is 1.27 bits per heavy atom. The molecule has 12 atom stereocenters. The largest absolute Gasteiger partial charge is 0.394 e. The highest BCUT2D eigenvalue weighted by molar-refractivity contribution is 5.76. The van der Waals surface area contributed by atoms with Gasteiger partial charge in [0.05, 0.1) is 32.0 Å². The van der Waals surface area contributed by atoms with E-state index in [0.29, 0.717) is 12.8 Å².